The molecule has 5 saturated heterocycles. The molecular formula is C34H62CuN10O5S2. The smallest absolute Gasteiger partial charge is 0.329 e. The van der Waals surface area contributed by atoms with Crippen molar-refractivity contribution < 1.29 is 38.5 Å². The van der Waals surface area contributed by atoms with Crippen LogP contribution in [0.2, 0.25) is 0 Å². The van der Waals surface area contributed by atoms with E-state index in [0.29, 0.717) is 48.3 Å². The quantitative estimate of drug-likeness (QED) is 0.131. The molecule has 52 heavy (non-hydrogen) atoms. The van der Waals surface area contributed by atoms with E-state index >= 15 is 0 Å². The van der Waals surface area contributed by atoms with Crippen molar-refractivity contribution in [2.75, 3.05) is 13.1 Å². The summed E-state index contributed by atoms with van der Waals surface area (Å²) < 4.78 is 64.1. The van der Waals surface area contributed by atoms with Crippen LogP contribution < -0.4 is 48.3 Å². The molecule has 0 amide bonds. The van der Waals surface area contributed by atoms with Crippen LogP contribution in [0.1, 0.15) is 96.3 Å². The molecule has 0 aromatic heterocycles. The standard InChI is InChI=1S/C34H62N10O5S2.Cu/c35-16-17-44(51(47,48)49)50(45,46)25-15-7-14-24-26(25)34-42-32-23-13-6-5-12-22(23)30(40-32)38-28-19-9-2-1-8-18(19)27(36-28)37-29-20-10-3-4-11-21(20)31(39-29)41-33(24)43-34;/h18-34,36-43H,1-17,35H2,(H,47,48,49);. The zero-order valence-electron chi connectivity index (χ0n) is 30.1. The van der Waals surface area contributed by atoms with Crippen LogP contribution in [0.4, 0.5) is 0 Å². The first-order chi connectivity index (χ1) is 24.6. The Bertz CT molecular complexity index is 1500. The second-order valence-electron chi connectivity index (χ2n) is 17.5. The second-order valence-corrected chi connectivity index (χ2v) is 21.2. The molecule has 9 aliphatic rings. The minimum absolute atomic E-state index is 0. The largest absolute Gasteiger partial charge is 0.349 e. The average molecular weight is 819 g/mol. The fourth-order valence-corrected chi connectivity index (χ4v) is 16.6. The van der Waals surface area contributed by atoms with Gasteiger partial charge in [-0.1, -0.05) is 48.7 Å². The summed E-state index contributed by atoms with van der Waals surface area (Å²) in [5.74, 6) is 2.53. The van der Waals surface area contributed by atoms with Crippen molar-refractivity contribution in [3.63, 3.8) is 0 Å². The van der Waals surface area contributed by atoms with E-state index in [2.05, 4.69) is 42.5 Å². The van der Waals surface area contributed by atoms with Crippen LogP contribution in [0, 0.1) is 47.3 Å². The van der Waals surface area contributed by atoms with Crippen LogP contribution in [0.5, 0.6) is 0 Å². The van der Waals surface area contributed by atoms with E-state index in [1.165, 1.54) is 57.8 Å². The Kier molecular flexibility index (Phi) is 11.5. The number of nitrogens with one attached hydrogen (secondary N) is 8. The molecule has 1 radical (unpaired) electrons. The van der Waals surface area contributed by atoms with E-state index in [0.717, 1.165) is 25.7 Å². The zero-order valence-corrected chi connectivity index (χ0v) is 32.6. The van der Waals surface area contributed by atoms with Crippen molar-refractivity contribution in [3.8, 4) is 0 Å². The Hall–Kier alpha value is -0.0205. The minimum atomic E-state index is -5.03. The Balaban J connectivity index is 0.00000387. The molecule has 5 heterocycles. The molecule has 18 heteroatoms. The molecule has 4 aliphatic carbocycles. The van der Waals surface area contributed by atoms with E-state index < -0.39 is 38.0 Å². The molecular weight excluding hydrogens is 756 g/mol. The number of nitrogens with zero attached hydrogens (tertiary/aromatic N) is 1. The minimum Gasteiger partial charge on any atom is -0.329 e. The first-order valence-electron chi connectivity index (χ1n) is 20.4. The fourth-order valence-electron chi connectivity index (χ4n) is 13.0. The van der Waals surface area contributed by atoms with Gasteiger partial charge in [0.25, 0.3) is 0 Å². The summed E-state index contributed by atoms with van der Waals surface area (Å²) in [6.07, 6.45) is 16.6. The molecule has 11 N–H and O–H groups in total. The van der Waals surface area contributed by atoms with Crippen molar-refractivity contribution in [3.05, 3.63) is 0 Å². The van der Waals surface area contributed by atoms with Gasteiger partial charge in [0.1, 0.15) is 0 Å². The average Bonchev–Trinajstić information content (AvgIpc) is 3.85. The number of sulfonamides is 1. The SMILES string of the molecule is NCCN(S(=O)(=O)O)S(=O)(=O)C1CCCC2C3NC4NC(NC5NC(NC6NC(NC(N3)C21)C1CCCCC61)C1CCCCC51)C1CCCCC41.[Cu]. The number of hydrogen-bond donors (Lipinski definition) is 10. The van der Waals surface area contributed by atoms with Gasteiger partial charge >= 0.3 is 10.3 Å². The number of nitrogens with two attached hydrogens (primary N) is 1. The summed E-state index contributed by atoms with van der Waals surface area (Å²) in [7, 11) is -9.49. The Morgan fingerprint density at radius 2 is 0.788 bits per heavy atom. The molecule has 15 nitrogen and oxygen atoms in total. The summed E-state index contributed by atoms with van der Waals surface area (Å²) in [6.45, 7) is -0.693. The maximum Gasteiger partial charge on any atom is 0.349 e. The normalized spacial score (nSPS) is 49.0. The van der Waals surface area contributed by atoms with E-state index in [-0.39, 0.29) is 82.6 Å². The summed E-state index contributed by atoms with van der Waals surface area (Å²) in [5.41, 5.74) is 5.70. The van der Waals surface area contributed by atoms with Gasteiger partial charge in [0.15, 0.2) is 0 Å². The molecule has 0 aromatic carbocycles. The Labute approximate surface area is 320 Å². The first kappa shape index (κ1) is 38.8. The van der Waals surface area contributed by atoms with Gasteiger partial charge in [-0.15, -0.1) is 0 Å². The third-order valence-corrected chi connectivity index (χ3v) is 19.0. The summed E-state index contributed by atoms with van der Waals surface area (Å²) in [5, 5.41) is 31.3. The van der Waals surface area contributed by atoms with Gasteiger partial charge in [0, 0.05) is 36.1 Å². The molecule has 4 saturated carbocycles. The molecule has 17 unspecified atom stereocenters. The predicted octanol–water partition coefficient (Wildman–Crippen LogP) is -0.0251. The maximum atomic E-state index is 14.3. The summed E-state index contributed by atoms with van der Waals surface area (Å²) in [6, 6.07) is 0. The monoisotopic (exact) mass is 817 g/mol. The first-order valence-corrected chi connectivity index (χ1v) is 23.3. The van der Waals surface area contributed by atoms with Crippen LogP contribution in [-0.2, 0) is 37.4 Å². The van der Waals surface area contributed by atoms with Crippen molar-refractivity contribution >= 4 is 20.3 Å². The van der Waals surface area contributed by atoms with Gasteiger partial charge in [-0.3, -0.25) is 47.1 Å². The van der Waals surface area contributed by atoms with Crippen molar-refractivity contribution in [2.45, 2.75) is 151 Å². The number of fused-ring (bicyclic) bond motifs is 20. The zero-order chi connectivity index (χ0) is 35.1. The van der Waals surface area contributed by atoms with Crippen LogP contribution >= 0.6 is 0 Å². The number of hydrogen-bond acceptors (Lipinski definition) is 13. The topological polar surface area (TPSA) is 214 Å². The fraction of sp³-hybridized carbons (Fsp3) is 1.00. The maximum absolute atomic E-state index is 14.3. The molecule has 0 spiro atoms. The van der Waals surface area contributed by atoms with E-state index in [4.69, 9.17) is 5.73 Å². The molecule has 9 fully saturated rings. The van der Waals surface area contributed by atoms with Gasteiger partial charge in [0.2, 0.25) is 10.0 Å². The van der Waals surface area contributed by atoms with Gasteiger partial charge in [-0.2, -0.15) is 8.42 Å². The van der Waals surface area contributed by atoms with E-state index in [9.17, 15) is 21.4 Å². The molecule has 0 aromatic rings. The van der Waals surface area contributed by atoms with Crippen molar-refractivity contribution in [2.24, 2.45) is 53.1 Å². The summed E-state index contributed by atoms with van der Waals surface area (Å²) in [4.78, 5) is 0. The second kappa shape index (κ2) is 15.4. The van der Waals surface area contributed by atoms with Crippen LogP contribution in [0.25, 0.3) is 0 Å². The molecule has 17 atom stereocenters. The van der Waals surface area contributed by atoms with Gasteiger partial charge in [-0.25, -0.2) is 8.42 Å². The summed E-state index contributed by atoms with van der Waals surface area (Å²) >= 11 is 0. The van der Waals surface area contributed by atoms with Crippen molar-refractivity contribution in [1.82, 2.24) is 46.2 Å². The molecule has 8 bridgehead atoms. The predicted molar refractivity (Wildman–Crippen MR) is 193 cm³/mol. The van der Waals surface area contributed by atoms with Gasteiger partial charge < -0.3 is 5.73 Å². The van der Waals surface area contributed by atoms with Crippen LogP contribution in [0.15, 0.2) is 0 Å². The van der Waals surface area contributed by atoms with Crippen molar-refractivity contribution in [1.29, 1.82) is 0 Å². The van der Waals surface area contributed by atoms with E-state index in [1.807, 2.05) is 0 Å². The Morgan fingerprint density at radius 1 is 0.481 bits per heavy atom. The molecule has 9 rings (SSSR count). The van der Waals surface area contributed by atoms with Gasteiger partial charge in [-0.05, 0) is 92.8 Å². The molecule has 301 valence electrons. The number of rotatable bonds is 5. The van der Waals surface area contributed by atoms with E-state index in [1.54, 1.807) is 0 Å². The van der Waals surface area contributed by atoms with Crippen LogP contribution in [0.3, 0.4) is 0 Å². The third kappa shape index (κ3) is 6.88. The Morgan fingerprint density at radius 3 is 1.12 bits per heavy atom. The molecule has 5 aliphatic heterocycles. The van der Waals surface area contributed by atoms with Gasteiger partial charge in [0.05, 0.1) is 54.6 Å². The third-order valence-electron chi connectivity index (χ3n) is 15.1. The van der Waals surface area contributed by atoms with Crippen LogP contribution in [-0.4, -0.2) is 92.8 Å².